The predicted molar refractivity (Wildman–Crippen MR) is 56.8 cm³/mol. The molecule has 2 nitrogen and oxygen atoms in total. The zero-order chi connectivity index (χ0) is 9.90. The molecule has 0 atom stereocenters. The Morgan fingerprint density at radius 3 is 2.08 bits per heavy atom. The van der Waals surface area contributed by atoms with Crippen molar-refractivity contribution in [1.29, 1.82) is 0 Å². The molecule has 0 heterocycles. The van der Waals surface area contributed by atoms with Crippen molar-refractivity contribution >= 4 is 6.21 Å². The minimum atomic E-state index is 0.605. The van der Waals surface area contributed by atoms with E-state index in [1.165, 1.54) is 5.56 Å². The molecule has 1 rings (SSSR count). The first-order chi connectivity index (χ1) is 5.97. The van der Waals surface area contributed by atoms with Crippen LogP contribution in [0.5, 0.6) is 0 Å². The fourth-order valence-electron chi connectivity index (χ4n) is 0.892. The van der Waals surface area contributed by atoms with Crippen molar-refractivity contribution in [2.75, 3.05) is 21.1 Å². The van der Waals surface area contributed by atoms with Crippen LogP contribution in [0.4, 0.5) is 0 Å². The summed E-state index contributed by atoms with van der Waals surface area (Å²) in [7, 11) is 6.10. The SMILES string of the molecule is Cc1ccc(/C=N/[N+](C)(C)C)cc1. The van der Waals surface area contributed by atoms with E-state index in [0.29, 0.717) is 4.59 Å². The second kappa shape index (κ2) is 3.71. The minimum Gasteiger partial charge on any atom is -0.205 e. The van der Waals surface area contributed by atoms with Gasteiger partial charge < -0.3 is 0 Å². The summed E-state index contributed by atoms with van der Waals surface area (Å²) in [4.78, 5) is 0. The van der Waals surface area contributed by atoms with E-state index < -0.39 is 0 Å². The maximum atomic E-state index is 4.37. The molecule has 0 aliphatic heterocycles. The van der Waals surface area contributed by atoms with E-state index in [1.807, 2.05) is 27.4 Å². The van der Waals surface area contributed by atoms with E-state index in [-0.39, 0.29) is 0 Å². The molecule has 0 aliphatic carbocycles. The zero-order valence-electron chi connectivity index (χ0n) is 8.78. The first-order valence-corrected chi connectivity index (χ1v) is 4.41. The molecular formula is C11H17N2+. The van der Waals surface area contributed by atoms with Crippen LogP contribution in [0, 0.1) is 6.92 Å². The maximum absolute atomic E-state index is 4.37. The number of nitrogens with zero attached hydrogens (tertiary/aromatic N) is 2. The molecule has 0 amide bonds. The molecule has 0 spiro atoms. The van der Waals surface area contributed by atoms with Crippen LogP contribution >= 0.6 is 0 Å². The second-order valence-corrected chi connectivity index (χ2v) is 4.10. The molecule has 0 saturated heterocycles. The van der Waals surface area contributed by atoms with E-state index in [0.717, 1.165) is 5.56 Å². The number of aryl methyl sites for hydroxylation is 1. The largest absolute Gasteiger partial charge is 0.205 e. The van der Waals surface area contributed by atoms with Gasteiger partial charge in [0.2, 0.25) is 0 Å². The van der Waals surface area contributed by atoms with Gasteiger partial charge in [-0.2, -0.15) is 0 Å². The van der Waals surface area contributed by atoms with Crippen LogP contribution in [-0.2, 0) is 0 Å². The highest BCUT2D eigenvalue weighted by Gasteiger charge is 2.00. The third-order valence-corrected chi connectivity index (χ3v) is 1.63. The molecule has 1 aromatic carbocycles. The Morgan fingerprint density at radius 1 is 1.08 bits per heavy atom. The fourth-order valence-corrected chi connectivity index (χ4v) is 0.892. The van der Waals surface area contributed by atoms with Gasteiger partial charge in [0, 0.05) is 0 Å². The Kier molecular flexibility index (Phi) is 2.83. The van der Waals surface area contributed by atoms with Crippen LogP contribution in [0.15, 0.2) is 29.4 Å². The van der Waals surface area contributed by atoms with Crippen LogP contribution in [0.25, 0.3) is 0 Å². The highest BCUT2D eigenvalue weighted by molar-refractivity contribution is 5.78. The molecule has 0 unspecified atom stereocenters. The number of rotatable bonds is 2. The number of hydrogen-bond acceptors (Lipinski definition) is 1. The van der Waals surface area contributed by atoms with E-state index in [1.54, 1.807) is 0 Å². The van der Waals surface area contributed by atoms with Gasteiger partial charge >= 0.3 is 0 Å². The molecule has 0 radical (unpaired) electrons. The van der Waals surface area contributed by atoms with E-state index >= 15 is 0 Å². The van der Waals surface area contributed by atoms with Crippen molar-refractivity contribution in [2.24, 2.45) is 5.10 Å². The lowest BCUT2D eigenvalue weighted by atomic mass is 10.2. The standard InChI is InChI=1S/C11H17N2/c1-10-5-7-11(8-6-10)9-12-13(2,3)4/h5-9H,1-4H3/q+1/b12-9+. The molecule has 0 N–H and O–H groups in total. The van der Waals surface area contributed by atoms with Gasteiger partial charge in [-0.25, -0.2) is 4.59 Å². The van der Waals surface area contributed by atoms with Crippen molar-refractivity contribution in [3.8, 4) is 0 Å². The molecule has 0 aliphatic rings. The lowest BCUT2D eigenvalue weighted by Gasteiger charge is -2.14. The molecule has 70 valence electrons. The summed E-state index contributed by atoms with van der Waals surface area (Å²) in [5, 5.41) is 4.37. The molecule has 1 aromatic rings. The van der Waals surface area contributed by atoms with E-state index in [4.69, 9.17) is 0 Å². The van der Waals surface area contributed by atoms with Crippen molar-refractivity contribution < 1.29 is 4.59 Å². The molecule has 2 heteroatoms. The summed E-state index contributed by atoms with van der Waals surface area (Å²) in [6, 6.07) is 8.34. The van der Waals surface area contributed by atoms with Gasteiger partial charge in [0.15, 0.2) is 0 Å². The summed E-state index contributed by atoms with van der Waals surface area (Å²) in [6.07, 6.45) is 1.90. The van der Waals surface area contributed by atoms with Crippen LogP contribution < -0.4 is 0 Å². The van der Waals surface area contributed by atoms with E-state index in [2.05, 4.69) is 36.3 Å². The molecule has 13 heavy (non-hydrogen) atoms. The highest BCUT2D eigenvalue weighted by Crippen LogP contribution is 2.01. The van der Waals surface area contributed by atoms with Gasteiger partial charge in [-0.15, -0.1) is 0 Å². The Labute approximate surface area is 80.1 Å². The van der Waals surface area contributed by atoms with Crippen LogP contribution in [-0.4, -0.2) is 31.9 Å². The van der Waals surface area contributed by atoms with Gasteiger partial charge in [-0.1, -0.05) is 34.9 Å². The first kappa shape index (κ1) is 9.93. The smallest absolute Gasteiger partial charge is 0.0923 e. The second-order valence-electron chi connectivity index (χ2n) is 4.10. The summed E-state index contributed by atoms with van der Waals surface area (Å²) >= 11 is 0. The average Bonchev–Trinajstić information content (AvgIpc) is 2.02. The summed E-state index contributed by atoms with van der Waals surface area (Å²) < 4.78 is 0.605. The summed E-state index contributed by atoms with van der Waals surface area (Å²) in [5.41, 5.74) is 2.43. The van der Waals surface area contributed by atoms with Gasteiger partial charge in [-0.05, 0) is 12.5 Å². The summed E-state index contributed by atoms with van der Waals surface area (Å²) in [6.45, 7) is 2.08. The minimum absolute atomic E-state index is 0.605. The Bertz CT molecular complexity index is 291. The number of hydrogen-bond donors (Lipinski definition) is 0. The van der Waals surface area contributed by atoms with Crippen molar-refractivity contribution in [2.45, 2.75) is 6.92 Å². The molecule has 0 saturated carbocycles. The number of benzene rings is 1. The zero-order valence-corrected chi connectivity index (χ0v) is 8.78. The lowest BCUT2D eigenvalue weighted by Crippen LogP contribution is -2.27. The van der Waals surface area contributed by atoms with Gasteiger partial charge in [-0.3, -0.25) is 0 Å². The number of quaternary nitrogens is 1. The quantitative estimate of drug-likeness (QED) is 0.372. The van der Waals surface area contributed by atoms with Crippen molar-refractivity contribution in [3.05, 3.63) is 35.4 Å². The Morgan fingerprint density at radius 2 is 1.62 bits per heavy atom. The van der Waals surface area contributed by atoms with E-state index in [9.17, 15) is 0 Å². The Hall–Kier alpha value is -1.15. The van der Waals surface area contributed by atoms with Gasteiger partial charge in [0.05, 0.1) is 27.4 Å². The Balaban J connectivity index is 2.75. The normalized spacial score (nSPS) is 12.3. The van der Waals surface area contributed by atoms with Crippen LogP contribution in [0.1, 0.15) is 11.1 Å². The van der Waals surface area contributed by atoms with Gasteiger partial charge in [0.25, 0.3) is 0 Å². The van der Waals surface area contributed by atoms with Crippen LogP contribution in [0.2, 0.25) is 0 Å². The van der Waals surface area contributed by atoms with Gasteiger partial charge in [0.1, 0.15) is 0 Å². The molecule has 0 fully saturated rings. The molecule has 0 bridgehead atoms. The van der Waals surface area contributed by atoms with Crippen molar-refractivity contribution in [1.82, 2.24) is 0 Å². The molecule has 0 aromatic heterocycles. The van der Waals surface area contributed by atoms with Crippen molar-refractivity contribution in [3.63, 3.8) is 0 Å². The third-order valence-electron chi connectivity index (χ3n) is 1.63. The lowest BCUT2D eigenvalue weighted by molar-refractivity contribution is -0.876. The fraction of sp³-hybridized carbons (Fsp3) is 0.364. The monoisotopic (exact) mass is 177 g/mol. The molecular weight excluding hydrogens is 160 g/mol. The maximum Gasteiger partial charge on any atom is 0.0923 e. The predicted octanol–water partition coefficient (Wildman–Crippen LogP) is 2.04. The average molecular weight is 177 g/mol. The first-order valence-electron chi connectivity index (χ1n) is 4.41. The van der Waals surface area contributed by atoms with Crippen LogP contribution in [0.3, 0.4) is 0 Å². The highest BCUT2D eigenvalue weighted by atomic mass is 15.6. The topological polar surface area (TPSA) is 12.4 Å². The summed E-state index contributed by atoms with van der Waals surface area (Å²) in [5.74, 6) is 0. The third kappa shape index (κ3) is 3.85.